The summed E-state index contributed by atoms with van der Waals surface area (Å²) in [5.74, 6) is 0.779. The molecule has 2 fully saturated rings. The summed E-state index contributed by atoms with van der Waals surface area (Å²) < 4.78 is 10.6. The molecule has 26 heavy (non-hydrogen) atoms. The third-order valence-corrected chi connectivity index (χ3v) is 5.11. The number of methoxy groups -OCH3 is 1. The molecular formula is C19H27N3O4. The van der Waals surface area contributed by atoms with E-state index in [4.69, 9.17) is 9.47 Å². The Kier molecular flexibility index (Phi) is 5.98. The van der Waals surface area contributed by atoms with Gasteiger partial charge in [-0.25, -0.2) is 4.79 Å². The van der Waals surface area contributed by atoms with Crippen molar-refractivity contribution in [2.24, 2.45) is 0 Å². The minimum atomic E-state index is -0.142. The maximum atomic E-state index is 12.6. The summed E-state index contributed by atoms with van der Waals surface area (Å²) >= 11 is 0. The number of amides is 3. The van der Waals surface area contributed by atoms with Crippen molar-refractivity contribution in [3.8, 4) is 5.75 Å². The van der Waals surface area contributed by atoms with Gasteiger partial charge >= 0.3 is 6.03 Å². The first-order valence-electron chi connectivity index (χ1n) is 9.15. The fourth-order valence-corrected chi connectivity index (χ4v) is 3.83. The van der Waals surface area contributed by atoms with E-state index in [9.17, 15) is 9.59 Å². The van der Waals surface area contributed by atoms with Gasteiger partial charge < -0.3 is 24.6 Å². The van der Waals surface area contributed by atoms with Gasteiger partial charge in [-0.05, 0) is 31.4 Å². The highest BCUT2D eigenvalue weighted by Crippen LogP contribution is 2.24. The molecule has 1 N–H and O–H groups in total. The summed E-state index contributed by atoms with van der Waals surface area (Å²) in [5.41, 5.74) is 0.700. The number of carbonyl (C=O) groups excluding carboxylic acids is 2. The lowest BCUT2D eigenvalue weighted by molar-refractivity contribution is -0.135. The summed E-state index contributed by atoms with van der Waals surface area (Å²) in [6.45, 7) is 4.22. The number of nitrogens with one attached hydrogen (secondary N) is 1. The highest BCUT2D eigenvalue weighted by molar-refractivity contribution is 5.89. The molecule has 0 spiro atoms. The number of benzene rings is 1. The van der Waals surface area contributed by atoms with Crippen LogP contribution in [0.25, 0.3) is 0 Å². The van der Waals surface area contributed by atoms with Gasteiger partial charge in [-0.3, -0.25) is 4.79 Å². The Labute approximate surface area is 154 Å². The van der Waals surface area contributed by atoms with Crippen molar-refractivity contribution < 1.29 is 19.1 Å². The number of rotatable bonds is 4. The van der Waals surface area contributed by atoms with Gasteiger partial charge in [0.2, 0.25) is 5.91 Å². The Morgan fingerprint density at radius 3 is 2.69 bits per heavy atom. The van der Waals surface area contributed by atoms with Crippen molar-refractivity contribution >= 4 is 17.6 Å². The molecule has 7 heteroatoms. The Bertz CT molecular complexity index is 645. The molecular weight excluding hydrogens is 334 g/mol. The second-order valence-corrected chi connectivity index (χ2v) is 6.82. The first-order chi connectivity index (χ1) is 12.6. The quantitative estimate of drug-likeness (QED) is 0.893. The maximum Gasteiger partial charge on any atom is 0.321 e. The number of urea groups is 1. The average molecular weight is 361 g/mol. The number of ether oxygens (including phenoxy) is 2. The normalized spacial score (nSPS) is 20.7. The summed E-state index contributed by atoms with van der Waals surface area (Å²) in [6.07, 6.45) is 2.54. The predicted molar refractivity (Wildman–Crippen MR) is 98.4 cm³/mol. The smallest absolute Gasteiger partial charge is 0.321 e. The molecule has 0 bridgehead atoms. The van der Waals surface area contributed by atoms with Crippen LogP contribution in [0, 0.1) is 0 Å². The Morgan fingerprint density at radius 2 is 2.00 bits per heavy atom. The zero-order valence-electron chi connectivity index (χ0n) is 15.4. The van der Waals surface area contributed by atoms with Crippen molar-refractivity contribution in [2.45, 2.75) is 38.3 Å². The van der Waals surface area contributed by atoms with Gasteiger partial charge in [0.25, 0.3) is 0 Å². The average Bonchev–Trinajstić information content (AvgIpc) is 3.12. The van der Waals surface area contributed by atoms with Gasteiger partial charge in [-0.15, -0.1) is 0 Å². The molecule has 1 unspecified atom stereocenters. The Hall–Kier alpha value is -2.28. The van der Waals surface area contributed by atoms with E-state index >= 15 is 0 Å². The molecule has 1 atom stereocenters. The van der Waals surface area contributed by atoms with Crippen LogP contribution >= 0.6 is 0 Å². The number of hydrogen-bond donors (Lipinski definition) is 1. The van der Waals surface area contributed by atoms with Crippen LogP contribution < -0.4 is 10.1 Å². The van der Waals surface area contributed by atoms with Gasteiger partial charge in [0.1, 0.15) is 5.75 Å². The Balaban J connectivity index is 1.61. The summed E-state index contributed by atoms with van der Waals surface area (Å²) in [7, 11) is 1.60. The zero-order chi connectivity index (χ0) is 18.5. The highest BCUT2D eigenvalue weighted by Gasteiger charge is 2.36. The van der Waals surface area contributed by atoms with E-state index in [1.54, 1.807) is 25.0 Å². The number of nitrogens with zero attached hydrogens (tertiary/aromatic N) is 2. The number of anilines is 1. The number of carbonyl (C=O) groups is 2. The molecule has 2 saturated heterocycles. The van der Waals surface area contributed by atoms with E-state index in [0.29, 0.717) is 37.7 Å². The molecule has 0 aliphatic carbocycles. The minimum absolute atomic E-state index is 0.0756. The zero-order valence-corrected chi connectivity index (χ0v) is 15.4. The Morgan fingerprint density at radius 1 is 1.23 bits per heavy atom. The molecule has 0 aromatic heterocycles. The lowest BCUT2D eigenvalue weighted by Gasteiger charge is -2.37. The van der Waals surface area contributed by atoms with E-state index in [-0.39, 0.29) is 24.0 Å². The number of likely N-dealkylation sites (tertiary alicyclic amines) is 1. The standard InChI is InChI=1S/C19H27N3O4/c1-14(23)22(16-7-10-26-11-8-16)17-6-9-21(13-17)19(24)20-15-4-3-5-18(12-15)25-2/h3-5,12,16-17H,6-11,13H2,1-2H3,(H,20,24). The van der Waals surface area contributed by atoms with Crippen LogP contribution in [0.2, 0.25) is 0 Å². The lowest BCUT2D eigenvalue weighted by atomic mass is 10.0. The lowest BCUT2D eigenvalue weighted by Crippen LogP contribution is -2.49. The van der Waals surface area contributed by atoms with Crippen molar-refractivity contribution in [3.05, 3.63) is 24.3 Å². The molecule has 1 aromatic rings. The summed E-state index contributed by atoms with van der Waals surface area (Å²) in [5, 5.41) is 2.91. The van der Waals surface area contributed by atoms with Crippen LogP contribution in [0.1, 0.15) is 26.2 Å². The van der Waals surface area contributed by atoms with Crippen LogP contribution in [-0.4, -0.2) is 67.2 Å². The monoisotopic (exact) mass is 361 g/mol. The molecule has 0 radical (unpaired) electrons. The van der Waals surface area contributed by atoms with Crippen LogP contribution in [0.4, 0.5) is 10.5 Å². The molecule has 2 heterocycles. The fraction of sp³-hybridized carbons (Fsp3) is 0.579. The predicted octanol–water partition coefficient (Wildman–Crippen LogP) is 2.33. The molecule has 2 aliphatic heterocycles. The van der Waals surface area contributed by atoms with E-state index in [1.165, 1.54) is 0 Å². The van der Waals surface area contributed by atoms with Gasteiger partial charge in [0, 0.05) is 51.0 Å². The third-order valence-electron chi connectivity index (χ3n) is 5.11. The minimum Gasteiger partial charge on any atom is -0.497 e. The van der Waals surface area contributed by atoms with E-state index in [1.807, 2.05) is 23.1 Å². The second kappa shape index (κ2) is 8.40. The van der Waals surface area contributed by atoms with Gasteiger partial charge in [0.05, 0.1) is 13.2 Å². The molecule has 3 amide bonds. The first kappa shape index (κ1) is 18.5. The van der Waals surface area contributed by atoms with Crippen molar-refractivity contribution in [2.75, 3.05) is 38.7 Å². The molecule has 7 nitrogen and oxygen atoms in total. The molecule has 2 aliphatic rings. The van der Waals surface area contributed by atoms with E-state index in [2.05, 4.69) is 5.32 Å². The van der Waals surface area contributed by atoms with Gasteiger partial charge in [-0.2, -0.15) is 0 Å². The number of hydrogen-bond acceptors (Lipinski definition) is 4. The largest absolute Gasteiger partial charge is 0.497 e. The second-order valence-electron chi connectivity index (χ2n) is 6.82. The first-order valence-corrected chi connectivity index (χ1v) is 9.15. The molecule has 1 aromatic carbocycles. The molecule has 142 valence electrons. The van der Waals surface area contributed by atoms with E-state index < -0.39 is 0 Å². The van der Waals surface area contributed by atoms with Crippen LogP contribution in [0.5, 0.6) is 5.75 Å². The van der Waals surface area contributed by atoms with Crippen molar-refractivity contribution in [3.63, 3.8) is 0 Å². The van der Waals surface area contributed by atoms with Crippen molar-refractivity contribution in [1.29, 1.82) is 0 Å². The highest BCUT2D eigenvalue weighted by atomic mass is 16.5. The summed E-state index contributed by atoms with van der Waals surface area (Å²) in [6, 6.07) is 7.44. The van der Waals surface area contributed by atoms with Crippen molar-refractivity contribution in [1.82, 2.24) is 9.80 Å². The SMILES string of the molecule is COc1cccc(NC(=O)N2CCC(N(C(C)=O)C3CCOCC3)C2)c1. The molecule has 0 saturated carbocycles. The fourth-order valence-electron chi connectivity index (χ4n) is 3.83. The van der Waals surface area contributed by atoms with Crippen LogP contribution in [-0.2, 0) is 9.53 Å². The van der Waals surface area contributed by atoms with Crippen LogP contribution in [0.15, 0.2) is 24.3 Å². The third kappa shape index (κ3) is 4.27. The van der Waals surface area contributed by atoms with Gasteiger partial charge in [-0.1, -0.05) is 6.07 Å². The summed E-state index contributed by atoms with van der Waals surface area (Å²) in [4.78, 5) is 28.6. The van der Waals surface area contributed by atoms with Gasteiger partial charge in [0.15, 0.2) is 0 Å². The maximum absolute atomic E-state index is 12.6. The van der Waals surface area contributed by atoms with Crippen LogP contribution in [0.3, 0.4) is 0 Å². The van der Waals surface area contributed by atoms with E-state index in [0.717, 1.165) is 19.3 Å². The molecule has 3 rings (SSSR count). The topological polar surface area (TPSA) is 71.1 Å².